The number of nitrogens with zero attached hydrogens (tertiary/aromatic N) is 3. The van der Waals surface area contributed by atoms with Crippen molar-refractivity contribution in [2.75, 3.05) is 6.54 Å². The Kier molecular flexibility index (Phi) is 4.85. The number of carboxylic acids is 1. The average molecular weight is 355 g/mol. The van der Waals surface area contributed by atoms with Gasteiger partial charge in [0.1, 0.15) is 0 Å². The van der Waals surface area contributed by atoms with Gasteiger partial charge in [-0.15, -0.1) is 0 Å². The highest BCUT2D eigenvalue weighted by Gasteiger charge is 2.36. The minimum atomic E-state index is -0.841. The molecule has 0 bridgehead atoms. The first kappa shape index (κ1) is 18.2. The molecule has 1 N–H and O–H groups in total. The number of carboxylic acid groups (broad SMARTS) is 1. The van der Waals surface area contributed by atoms with Crippen LogP contribution >= 0.6 is 0 Å². The fraction of sp³-hybridized carbons (Fsp3) is 0.450. The van der Waals surface area contributed by atoms with Crippen molar-refractivity contribution in [1.29, 1.82) is 0 Å². The molecule has 0 radical (unpaired) electrons. The molecule has 3 rings (SSSR count). The van der Waals surface area contributed by atoms with E-state index >= 15 is 0 Å². The molecule has 26 heavy (non-hydrogen) atoms. The third-order valence-corrected chi connectivity index (χ3v) is 5.12. The van der Waals surface area contributed by atoms with Crippen LogP contribution in [0.3, 0.4) is 0 Å². The van der Waals surface area contributed by atoms with Crippen LogP contribution < -0.4 is 0 Å². The van der Waals surface area contributed by atoms with Gasteiger partial charge in [0.05, 0.1) is 11.6 Å². The van der Waals surface area contributed by atoms with Gasteiger partial charge in [0.2, 0.25) is 0 Å². The van der Waals surface area contributed by atoms with Crippen LogP contribution in [-0.4, -0.2) is 44.3 Å². The van der Waals surface area contributed by atoms with E-state index in [9.17, 15) is 14.7 Å². The molecule has 1 fully saturated rings. The summed E-state index contributed by atoms with van der Waals surface area (Å²) in [6.45, 7) is 8.36. The highest BCUT2D eigenvalue weighted by molar-refractivity contribution is 5.93. The Balaban J connectivity index is 1.90. The van der Waals surface area contributed by atoms with Gasteiger partial charge < -0.3 is 10.0 Å². The van der Waals surface area contributed by atoms with Gasteiger partial charge in [-0.3, -0.25) is 9.59 Å². The summed E-state index contributed by atoms with van der Waals surface area (Å²) in [6, 6.07) is 7.60. The number of aliphatic carboxylic acids is 1. The highest BCUT2D eigenvalue weighted by Crippen LogP contribution is 2.26. The average Bonchev–Trinajstić information content (AvgIpc) is 2.95. The van der Waals surface area contributed by atoms with Crippen molar-refractivity contribution < 1.29 is 14.7 Å². The Bertz CT molecular complexity index is 836. The summed E-state index contributed by atoms with van der Waals surface area (Å²) in [7, 11) is 0. The van der Waals surface area contributed by atoms with Gasteiger partial charge in [0.15, 0.2) is 5.69 Å². The van der Waals surface area contributed by atoms with E-state index in [0.29, 0.717) is 25.1 Å². The summed E-state index contributed by atoms with van der Waals surface area (Å²) in [5, 5.41) is 13.9. The number of rotatable bonds is 3. The van der Waals surface area contributed by atoms with E-state index in [0.717, 1.165) is 22.5 Å². The van der Waals surface area contributed by atoms with Crippen LogP contribution in [0.1, 0.15) is 47.1 Å². The summed E-state index contributed by atoms with van der Waals surface area (Å²) in [5.74, 6) is -1.56. The molecule has 1 aromatic heterocycles. The number of hydrogen-bond acceptors (Lipinski definition) is 3. The monoisotopic (exact) mass is 355 g/mol. The third kappa shape index (κ3) is 3.36. The normalized spacial score (nSPS) is 20.2. The number of benzene rings is 1. The second kappa shape index (κ2) is 6.94. The van der Waals surface area contributed by atoms with E-state index in [4.69, 9.17) is 0 Å². The maximum atomic E-state index is 13.0. The minimum Gasteiger partial charge on any atom is -0.481 e. The lowest BCUT2D eigenvalue weighted by Gasteiger charge is -2.37. The molecule has 138 valence electrons. The zero-order valence-electron chi connectivity index (χ0n) is 15.7. The quantitative estimate of drug-likeness (QED) is 0.918. The van der Waals surface area contributed by atoms with Gasteiger partial charge in [-0.1, -0.05) is 6.07 Å². The Hall–Kier alpha value is -2.63. The molecule has 0 saturated carbocycles. The SMILES string of the molecule is Cc1cc(C)cc(-n2nc(C(=O)N3CCC[C@@H](C(=O)O)[C@H]3C)cc2C)c1. The predicted octanol–water partition coefficient (Wildman–Crippen LogP) is 3.12. The van der Waals surface area contributed by atoms with Crippen molar-refractivity contribution in [2.24, 2.45) is 5.92 Å². The number of carbonyl (C=O) groups is 2. The third-order valence-electron chi connectivity index (χ3n) is 5.12. The maximum Gasteiger partial charge on any atom is 0.308 e. The van der Waals surface area contributed by atoms with E-state index in [1.165, 1.54) is 0 Å². The molecule has 2 aromatic rings. The first-order chi connectivity index (χ1) is 12.3. The molecular weight excluding hydrogens is 330 g/mol. The van der Waals surface area contributed by atoms with E-state index in [2.05, 4.69) is 11.2 Å². The summed E-state index contributed by atoms with van der Waals surface area (Å²) < 4.78 is 1.77. The van der Waals surface area contributed by atoms with Gasteiger partial charge in [-0.05, 0) is 69.9 Å². The largest absolute Gasteiger partial charge is 0.481 e. The van der Waals surface area contributed by atoms with Crippen LogP contribution in [0.25, 0.3) is 5.69 Å². The summed E-state index contributed by atoms with van der Waals surface area (Å²) >= 11 is 0. The molecule has 0 unspecified atom stereocenters. The number of aromatic nitrogens is 2. The molecule has 1 aromatic carbocycles. The van der Waals surface area contributed by atoms with E-state index in [-0.39, 0.29) is 11.9 Å². The van der Waals surface area contributed by atoms with Crippen molar-refractivity contribution >= 4 is 11.9 Å². The van der Waals surface area contributed by atoms with Crippen LogP contribution in [-0.2, 0) is 4.79 Å². The van der Waals surface area contributed by atoms with Gasteiger partial charge in [0.25, 0.3) is 5.91 Å². The molecular formula is C20H25N3O3. The Morgan fingerprint density at radius 1 is 1.12 bits per heavy atom. The second-order valence-corrected chi connectivity index (χ2v) is 7.25. The van der Waals surface area contributed by atoms with Crippen LogP contribution in [0.5, 0.6) is 0 Å². The minimum absolute atomic E-state index is 0.199. The van der Waals surface area contributed by atoms with Crippen LogP contribution in [0, 0.1) is 26.7 Å². The fourth-order valence-corrected chi connectivity index (χ4v) is 3.82. The topological polar surface area (TPSA) is 75.4 Å². The molecule has 6 heteroatoms. The first-order valence-corrected chi connectivity index (χ1v) is 8.97. The van der Waals surface area contributed by atoms with Gasteiger partial charge in [-0.25, -0.2) is 4.68 Å². The van der Waals surface area contributed by atoms with Crippen LogP contribution in [0.2, 0.25) is 0 Å². The van der Waals surface area contributed by atoms with Crippen LogP contribution in [0.4, 0.5) is 0 Å². The lowest BCUT2D eigenvalue weighted by atomic mass is 9.90. The molecule has 0 aliphatic carbocycles. The van der Waals surface area contributed by atoms with Gasteiger partial charge in [0, 0.05) is 18.3 Å². The zero-order chi connectivity index (χ0) is 19.0. The summed E-state index contributed by atoms with van der Waals surface area (Å²) in [4.78, 5) is 26.0. The highest BCUT2D eigenvalue weighted by atomic mass is 16.4. The number of amides is 1. The van der Waals surface area contributed by atoms with Crippen molar-refractivity contribution in [2.45, 2.75) is 46.6 Å². The smallest absolute Gasteiger partial charge is 0.308 e. The summed E-state index contributed by atoms with van der Waals surface area (Å²) in [6.07, 6.45) is 1.31. The van der Waals surface area contributed by atoms with Crippen molar-refractivity contribution in [3.63, 3.8) is 0 Å². The van der Waals surface area contributed by atoms with Crippen molar-refractivity contribution in [1.82, 2.24) is 14.7 Å². The Morgan fingerprint density at radius 2 is 1.77 bits per heavy atom. The number of carbonyl (C=O) groups excluding carboxylic acids is 1. The number of piperidine rings is 1. The van der Waals surface area contributed by atoms with Crippen LogP contribution in [0.15, 0.2) is 24.3 Å². The van der Waals surface area contributed by atoms with E-state index < -0.39 is 11.9 Å². The van der Waals surface area contributed by atoms with Crippen molar-refractivity contribution in [3.05, 3.63) is 46.8 Å². The molecule has 6 nitrogen and oxygen atoms in total. The fourth-order valence-electron chi connectivity index (χ4n) is 3.82. The van der Waals surface area contributed by atoms with Gasteiger partial charge >= 0.3 is 5.97 Å². The number of likely N-dealkylation sites (tertiary alicyclic amines) is 1. The molecule has 2 atom stereocenters. The lowest BCUT2D eigenvalue weighted by Crippen LogP contribution is -2.49. The second-order valence-electron chi connectivity index (χ2n) is 7.25. The lowest BCUT2D eigenvalue weighted by molar-refractivity contribution is -0.144. The van der Waals surface area contributed by atoms with Crippen molar-refractivity contribution in [3.8, 4) is 5.69 Å². The standard InChI is InChI=1S/C20H25N3O3/c1-12-8-13(2)10-16(9-12)23-14(3)11-18(21-23)19(24)22-7-5-6-17(15(22)4)20(25)26/h8-11,15,17H,5-7H2,1-4H3,(H,25,26)/t15-,17-/m1/s1. The van der Waals surface area contributed by atoms with E-state index in [1.54, 1.807) is 15.6 Å². The molecule has 1 saturated heterocycles. The molecule has 1 amide bonds. The predicted molar refractivity (Wildman–Crippen MR) is 98.6 cm³/mol. The van der Waals surface area contributed by atoms with E-state index in [1.807, 2.05) is 39.8 Å². The zero-order valence-corrected chi connectivity index (χ0v) is 15.7. The molecule has 2 heterocycles. The molecule has 1 aliphatic rings. The van der Waals surface area contributed by atoms with Gasteiger partial charge in [-0.2, -0.15) is 5.10 Å². The number of aryl methyl sites for hydroxylation is 3. The Morgan fingerprint density at radius 3 is 2.38 bits per heavy atom. The number of hydrogen-bond donors (Lipinski definition) is 1. The molecule has 0 spiro atoms. The molecule has 1 aliphatic heterocycles. The maximum absolute atomic E-state index is 13.0. The Labute approximate surface area is 153 Å². The first-order valence-electron chi connectivity index (χ1n) is 8.97. The summed E-state index contributed by atoms with van der Waals surface area (Å²) in [5.41, 5.74) is 4.43.